The largest absolute Gasteiger partial charge is 0.448 e. The van der Waals surface area contributed by atoms with Crippen molar-refractivity contribution < 1.29 is 19.1 Å². The van der Waals surface area contributed by atoms with Crippen molar-refractivity contribution in [1.29, 1.82) is 0 Å². The Balaban J connectivity index is 1.60. The zero-order valence-electron chi connectivity index (χ0n) is 22.7. The van der Waals surface area contributed by atoms with Crippen molar-refractivity contribution in [2.75, 3.05) is 11.9 Å². The summed E-state index contributed by atoms with van der Waals surface area (Å²) in [5.74, 6) is -0.509. The molecule has 0 atom stereocenters. The molecule has 2 heterocycles. The van der Waals surface area contributed by atoms with Crippen LogP contribution >= 0.6 is 11.3 Å². The zero-order chi connectivity index (χ0) is 28.2. The van der Waals surface area contributed by atoms with Gasteiger partial charge in [0.2, 0.25) is 0 Å². The predicted octanol–water partition coefficient (Wildman–Crippen LogP) is 5.52. The number of anilines is 1. The fraction of sp³-hybridized carbons (Fsp3) is 0.310. The highest BCUT2D eigenvalue weighted by atomic mass is 32.1. The van der Waals surface area contributed by atoms with Crippen LogP contribution in [0.3, 0.4) is 0 Å². The maximum absolute atomic E-state index is 13.3. The van der Waals surface area contributed by atoms with Gasteiger partial charge in [0, 0.05) is 18.2 Å². The molecular formula is C29H33N5O4S. The number of nitrogens with zero attached hydrogens (tertiary/aromatic N) is 2. The normalized spacial score (nSPS) is 11.5. The highest BCUT2D eigenvalue weighted by molar-refractivity contribution is 7.20. The zero-order valence-corrected chi connectivity index (χ0v) is 23.5. The fourth-order valence-corrected chi connectivity index (χ4v) is 4.96. The van der Waals surface area contributed by atoms with E-state index < -0.39 is 11.6 Å². The molecule has 4 aromatic rings. The Morgan fingerprint density at radius 1 is 1.03 bits per heavy atom. The van der Waals surface area contributed by atoms with Gasteiger partial charge in [0.05, 0.1) is 22.4 Å². The SMILES string of the molecule is CCOC(=O)n1nc(NC(=O)c2ccc(CNC(C)C)cc2)c2cc(C(=O)NC(C)(C)c3ccccc3)sc21. The van der Waals surface area contributed by atoms with Crippen LogP contribution in [0.2, 0.25) is 0 Å². The molecule has 0 fully saturated rings. The van der Waals surface area contributed by atoms with E-state index >= 15 is 0 Å². The van der Waals surface area contributed by atoms with E-state index in [1.165, 1.54) is 0 Å². The van der Waals surface area contributed by atoms with Crippen LogP contribution in [-0.4, -0.2) is 40.3 Å². The maximum atomic E-state index is 13.3. The van der Waals surface area contributed by atoms with Crippen LogP contribution < -0.4 is 16.0 Å². The first-order valence-electron chi connectivity index (χ1n) is 12.8. The molecule has 4 rings (SSSR count). The third-order valence-electron chi connectivity index (χ3n) is 6.11. The van der Waals surface area contributed by atoms with Crippen LogP contribution in [0.15, 0.2) is 60.7 Å². The summed E-state index contributed by atoms with van der Waals surface area (Å²) in [5, 5.41) is 14.0. The second kappa shape index (κ2) is 11.8. The van der Waals surface area contributed by atoms with E-state index in [0.717, 1.165) is 27.1 Å². The van der Waals surface area contributed by atoms with Crippen LogP contribution in [-0.2, 0) is 16.8 Å². The van der Waals surface area contributed by atoms with Gasteiger partial charge in [-0.15, -0.1) is 16.4 Å². The molecule has 2 aromatic heterocycles. The molecule has 0 aliphatic rings. The van der Waals surface area contributed by atoms with Crippen LogP contribution in [0, 0.1) is 0 Å². The smallest absolute Gasteiger partial charge is 0.436 e. The maximum Gasteiger partial charge on any atom is 0.436 e. The Hall–Kier alpha value is -4.02. The lowest BCUT2D eigenvalue weighted by atomic mass is 9.94. The van der Waals surface area contributed by atoms with Gasteiger partial charge >= 0.3 is 6.09 Å². The predicted molar refractivity (Wildman–Crippen MR) is 153 cm³/mol. The summed E-state index contributed by atoms with van der Waals surface area (Å²) >= 11 is 1.10. The van der Waals surface area contributed by atoms with Gasteiger partial charge in [0.1, 0.15) is 4.83 Å². The number of carbonyl (C=O) groups is 3. The van der Waals surface area contributed by atoms with Crippen LogP contribution in [0.1, 0.15) is 65.8 Å². The quantitative estimate of drug-likeness (QED) is 0.254. The third-order valence-corrected chi connectivity index (χ3v) is 7.22. The number of thiophene rings is 1. The number of benzene rings is 2. The number of ether oxygens (including phenoxy) is 1. The van der Waals surface area contributed by atoms with Gasteiger partial charge in [-0.05, 0) is 50.1 Å². The number of carbonyl (C=O) groups excluding carboxylic acids is 3. The first kappa shape index (κ1) is 28.0. The van der Waals surface area contributed by atoms with E-state index in [4.69, 9.17) is 4.74 Å². The monoisotopic (exact) mass is 547 g/mol. The van der Waals surface area contributed by atoms with E-state index in [1.807, 2.05) is 56.3 Å². The van der Waals surface area contributed by atoms with Crippen molar-refractivity contribution in [2.24, 2.45) is 0 Å². The van der Waals surface area contributed by atoms with Gasteiger partial charge in [-0.3, -0.25) is 9.59 Å². The summed E-state index contributed by atoms with van der Waals surface area (Å²) < 4.78 is 6.23. The minimum atomic E-state index is -0.691. The van der Waals surface area contributed by atoms with Gasteiger partial charge in [-0.2, -0.15) is 4.68 Å². The van der Waals surface area contributed by atoms with Gasteiger partial charge in [-0.1, -0.05) is 56.3 Å². The lowest BCUT2D eigenvalue weighted by Gasteiger charge is -2.26. The number of amides is 2. The summed E-state index contributed by atoms with van der Waals surface area (Å²) in [6.45, 7) is 10.5. The number of hydrogen-bond acceptors (Lipinski definition) is 7. The number of rotatable bonds is 9. The van der Waals surface area contributed by atoms with Crippen molar-refractivity contribution in [2.45, 2.75) is 52.7 Å². The minimum Gasteiger partial charge on any atom is -0.448 e. The Kier molecular flexibility index (Phi) is 8.47. The molecule has 0 aliphatic carbocycles. The molecule has 0 spiro atoms. The average Bonchev–Trinajstić information content (AvgIpc) is 3.49. The highest BCUT2D eigenvalue weighted by Crippen LogP contribution is 2.33. The molecule has 0 saturated carbocycles. The second-order valence-electron chi connectivity index (χ2n) is 9.92. The number of fused-ring (bicyclic) bond motifs is 1. The molecule has 39 heavy (non-hydrogen) atoms. The summed E-state index contributed by atoms with van der Waals surface area (Å²) in [6, 6.07) is 18.9. The van der Waals surface area contributed by atoms with Crippen LogP contribution in [0.5, 0.6) is 0 Å². The van der Waals surface area contributed by atoms with Crippen molar-refractivity contribution in [1.82, 2.24) is 20.4 Å². The van der Waals surface area contributed by atoms with Crippen molar-refractivity contribution in [3.8, 4) is 0 Å². The Bertz CT molecular complexity index is 1470. The van der Waals surface area contributed by atoms with Crippen LogP contribution in [0.4, 0.5) is 10.6 Å². The first-order chi connectivity index (χ1) is 18.6. The van der Waals surface area contributed by atoms with Crippen molar-refractivity contribution in [3.05, 3.63) is 82.2 Å². The number of hydrogen-bond donors (Lipinski definition) is 3. The van der Waals surface area contributed by atoms with Gasteiger partial charge in [0.15, 0.2) is 5.82 Å². The van der Waals surface area contributed by atoms with E-state index in [-0.39, 0.29) is 24.2 Å². The summed E-state index contributed by atoms with van der Waals surface area (Å²) in [7, 11) is 0. The molecule has 2 aromatic carbocycles. The second-order valence-corrected chi connectivity index (χ2v) is 11.0. The first-order valence-corrected chi connectivity index (χ1v) is 13.6. The molecule has 204 valence electrons. The topological polar surface area (TPSA) is 114 Å². The van der Waals surface area contributed by atoms with Gasteiger partial charge < -0.3 is 20.7 Å². The molecule has 0 unspecified atom stereocenters. The minimum absolute atomic E-state index is 0.157. The van der Waals surface area contributed by atoms with Gasteiger partial charge in [-0.25, -0.2) is 4.79 Å². The lowest BCUT2D eigenvalue weighted by molar-refractivity contribution is 0.0915. The molecular weight excluding hydrogens is 514 g/mol. The highest BCUT2D eigenvalue weighted by Gasteiger charge is 2.27. The molecule has 9 nitrogen and oxygen atoms in total. The van der Waals surface area contributed by atoms with E-state index in [0.29, 0.717) is 33.2 Å². The summed E-state index contributed by atoms with van der Waals surface area (Å²) in [6.07, 6.45) is -0.691. The van der Waals surface area contributed by atoms with Crippen molar-refractivity contribution in [3.63, 3.8) is 0 Å². The van der Waals surface area contributed by atoms with E-state index in [1.54, 1.807) is 25.1 Å². The molecule has 3 N–H and O–H groups in total. The standard InChI is InChI=1S/C29H33N5O4S/c1-6-38-28(37)34-27-22(16-23(39-27)26(36)32-29(4,5)21-10-8-7-9-11-21)24(33-34)31-25(35)20-14-12-19(13-15-20)17-30-18(2)3/h7-16,18,30H,6,17H2,1-5H3,(H,32,36)(H,31,33,35). The van der Waals surface area contributed by atoms with E-state index in [2.05, 4.69) is 34.9 Å². The molecule has 10 heteroatoms. The van der Waals surface area contributed by atoms with Gasteiger partial charge in [0.25, 0.3) is 11.8 Å². The Morgan fingerprint density at radius 3 is 2.36 bits per heavy atom. The average molecular weight is 548 g/mol. The number of nitrogens with one attached hydrogen (secondary N) is 3. The van der Waals surface area contributed by atoms with Crippen molar-refractivity contribution >= 4 is 45.3 Å². The molecule has 0 aliphatic heterocycles. The fourth-order valence-electron chi connectivity index (χ4n) is 3.97. The number of aromatic nitrogens is 2. The summed E-state index contributed by atoms with van der Waals surface area (Å²) in [5.41, 5.74) is 1.83. The molecule has 0 radical (unpaired) electrons. The molecule has 0 bridgehead atoms. The lowest BCUT2D eigenvalue weighted by Crippen LogP contribution is -2.40. The molecule has 2 amide bonds. The Labute approximate surface area is 231 Å². The third kappa shape index (κ3) is 6.52. The van der Waals surface area contributed by atoms with E-state index in [9.17, 15) is 14.4 Å². The molecule has 0 saturated heterocycles. The Morgan fingerprint density at radius 2 is 1.72 bits per heavy atom. The van der Waals surface area contributed by atoms with Crippen LogP contribution in [0.25, 0.3) is 10.2 Å². The summed E-state index contributed by atoms with van der Waals surface area (Å²) in [4.78, 5) is 39.7.